The zero-order valence-corrected chi connectivity index (χ0v) is 18.7. The molecule has 32 heavy (non-hydrogen) atoms. The summed E-state index contributed by atoms with van der Waals surface area (Å²) in [4.78, 5) is 24.8. The van der Waals surface area contributed by atoms with Crippen LogP contribution in [-0.4, -0.2) is 32.0 Å². The zero-order valence-electron chi connectivity index (χ0n) is 18.0. The molecule has 0 aliphatic rings. The maximum absolute atomic E-state index is 12.5. The first kappa shape index (κ1) is 23.4. The van der Waals surface area contributed by atoms with Gasteiger partial charge in [-0.3, -0.25) is 14.8 Å². The Morgan fingerprint density at radius 2 is 1.75 bits per heavy atom. The van der Waals surface area contributed by atoms with Gasteiger partial charge >= 0.3 is 0 Å². The third kappa shape index (κ3) is 5.15. The van der Waals surface area contributed by atoms with E-state index in [1.54, 1.807) is 34.4 Å². The summed E-state index contributed by atoms with van der Waals surface area (Å²) in [6.45, 7) is 4.22. The van der Waals surface area contributed by atoms with Crippen LogP contribution in [0.3, 0.4) is 0 Å². The zero-order chi connectivity index (χ0) is 23.3. The van der Waals surface area contributed by atoms with Crippen LogP contribution in [0.2, 0.25) is 5.02 Å². The van der Waals surface area contributed by atoms with E-state index in [0.717, 1.165) is 16.8 Å². The molecule has 2 amide bonds. The molecule has 0 bridgehead atoms. The topological polar surface area (TPSA) is 123 Å². The van der Waals surface area contributed by atoms with E-state index in [2.05, 4.69) is 10.3 Å². The van der Waals surface area contributed by atoms with E-state index in [4.69, 9.17) is 17.3 Å². The summed E-state index contributed by atoms with van der Waals surface area (Å²) in [6.07, 6.45) is 2.68. The Morgan fingerprint density at radius 3 is 2.31 bits per heavy atom. The van der Waals surface area contributed by atoms with Crippen LogP contribution in [0.4, 0.5) is 0 Å². The molecule has 0 radical (unpaired) electrons. The summed E-state index contributed by atoms with van der Waals surface area (Å²) < 4.78 is 1.72. The molecule has 1 unspecified atom stereocenters. The Balaban J connectivity index is 1.77. The molecule has 4 N–H and O–H groups in total. The quantitative estimate of drug-likeness (QED) is 0.260. The number of hydroxylamine groups is 1. The van der Waals surface area contributed by atoms with E-state index in [-0.39, 0.29) is 12.3 Å². The Morgan fingerprint density at radius 1 is 1.12 bits per heavy atom. The smallest absolute Gasteiger partial charge is 0.263 e. The number of benzene rings is 2. The van der Waals surface area contributed by atoms with Gasteiger partial charge in [0.1, 0.15) is 0 Å². The summed E-state index contributed by atoms with van der Waals surface area (Å²) in [7, 11) is 0. The number of hydrogen-bond donors (Lipinski definition) is 3. The van der Waals surface area contributed by atoms with E-state index >= 15 is 0 Å². The monoisotopic (exact) mass is 455 g/mol. The predicted molar refractivity (Wildman–Crippen MR) is 120 cm³/mol. The lowest BCUT2D eigenvalue weighted by Crippen LogP contribution is -2.53. The molecule has 0 spiro atoms. The van der Waals surface area contributed by atoms with Crippen molar-refractivity contribution >= 4 is 23.4 Å². The third-order valence-electron chi connectivity index (χ3n) is 5.30. The minimum atomic E-state index is -1.65. The maximum atomic E-state index is 12.5. The number of nitrogens with zero attached hydrogens (tertiary/aromatic N) is 3. The average Bonchev–Trinajstić information content (AvgIpc) is 3.20. The first-order valence-electron chi connectivity index (χ1n) is 10.2. The molecule has 0 aliphatic heterocycles. The number of carbonyl (C=O) groups excluding carboxylic acids is 2. The molecule has 8 nitrogen and oxygen atoms in total. The number of nitrogens with two attached hydrogens (primary N) is 1. The number of aromatic nitrogens is 3. The number of hydrogen-bond acceptors (Lipinski definition) is 5. The minimum absolute atomic E-state index is 0.00585. The van der Waals surface area contributed by atoms with Crippen LogP contribution in [0.15, 0.2) is 54.7 Å². The van der Waals surface area contributed by atoms with E-state index in [0.29, 0.717) is 23.6 Å². The minimum Gasteiger partial charge on any atom is -0.368 e. The molecule has 1 aromatic heterocycles. The van der Waals surface area contributed by atoms with E-state index in [1.165, 1.54) is 0 Å². The van der Waals surface area contributed by atoms with Gasteiger partial charge in [0.2, 0.25) is 5.91 Å². The Kier molecular flexibility index (Phi) is 7.27. The predicted octanol–water partition coefficient (Wildman–Crippen LogP) is 2.85. The van der Waals surface area contributed by atoms with Gasteiger partial charge in [-0.15, -0.1) is 5.10 Å². The van der Waals surface area contributed by atoms with Gasteiger partial charge < -0.3 is 5.73 Å². The second-order valence-corrected chi connectivity index (χ2v) is 8.65. The highest BCUT2D eigenvalue weighted by atomic mass is 35.5. The van der Waals surface area contributed by atoms with E-state index < -0.39 is 17.2 Å². The lowest BCUT2D eigenvalue weighted by atomic mass is 9.73. The molecule has 2 aromatic carbocycles. The van der Waals surface area contributed by atoms with Crippen LogP contribution in [0.25, 0.3) is 0 Å². The number of rotatable bonds is 9. The van der Waals surface area contributed by atoms with Gasteiger partial charge in [-0.05, 0) is 41.2 Å². The SMILES string of the molecule is CC(C)CC(C(N)=O)(C(=O)NO)c1ccc(Cn2cc(Cc3ccc(Cl)cc3)nn2)cc1. The molecule has 3 aromatic rings. The third-order valence-corrected chi connectivity index (χ3v) is 5.55. The second kappa shape index (κ2) is 9.93. The molecule has 1 heterocycles. The van der Waals surface area contributed by atoms with Crippen LogP contribution in [0.1, 0.15) is 42.7 Å². The van der Waals surface area contributed by atoms with Crippen molar-refractivity contribution in [2.45, 2.75) is 38.6 Å². The van der Waals surface area contributed by atoms with Crippen molar-refractivity contribution < 1.29 is 14.8 Å². The summed E-state index contributed by atoms with van der Waals surface area (Å²) in [5.74, 6) is -1.66. The summed E-state index contributed by atoms with van der Waals surface area (Å²) in [5.41, 5.74) is 8.82. The van der Waals surface area contributed by atoms with Gasteiger partial charge in [-0.25, -0.2) is 10.2 Å². The number of carbonyl (C=O) groups is 2. The molecular formula is C23H26ClN5O3. The maximum Gasteiger partial charge on any atom is 0.263 e. The Bertz CT molecular complexity index is 1080. The van der Waals surface area contributed by atoms with Crippen molar-refractivity contribution in [3.8, 4) is 0 Å². The average molecular weight is 456 g/mol. The van der Waals surface area contributed by atoms with Crippen LogP contribution in [-0.2, 0) is 28.0 Å². The van der Waals surface area contributed by atoms with Gasteiger partial charge in [0.25, 0.3) is 5.91 Å². The second-order valence-electron chi connectivity index (χ2n) is 8.22. The molecule has 3 rings (SSSR count). The molecule has 1 atom stereocenters. The summed E-state index contributed by atoms with van der Waals surface area (Å²) >= 11 is 5.92. The Hall–Kier alpha value is -3.23. The van der Waals surface area contributed by atoms with Crippen molar-refractivity contribution in [1.82, 2.24) is 20.5 Å². The molecule has 168 valence electrons. The summed E-state index contributed by atoms with van der Waals surface area (Å²) in [6, 6.07) is 14.6. The van der Waals surface area contributed by atoms with Crippen LogP contribution in [0.5, 0.6) is 0 Å². The van der Waals surface area contributed by atoms with E-state index in [1.807, 2.05) is 44.3 Å². The first-order valence-corrected chi connectivity index (χ1v) is 10.6. The number of amides is 2. The Labute approximate surface area is 191 Å². The van der Waals surface area contributed by atoms with Gasteiger partial charge in [0, 0.05) is 17.6 Å². The molecule has 0 aliphatic carbocycles. The van der Waals surface area contributed by atoms with Crippen molar-refractivity contribution in [2.75, 3.05) is 0 Å². The fraction of sp³-hybridized carbons (Fsp3) is 0.304. The van der Waals surface area contributed by atoms with Crippen LogP contribution in [0, 0.1) is 5.92 Å². The number of nitrogens with one attached hydrogen (secondary N) is 1. The van der Waals surface area contributed by atoms with Crippen molar-refractivity contribution in [3.05, 3.63) is 82.1 Å². The number of primary amides is 1. The van der Waals surface area contributed by atoms with Crippen LogP contribution >= 0.6 is 11.6 Å². The molecule has 9 heteroatoms. The highest BCUT2D eigenvalue weighted by Crippen LogP contribution is 2.32. The van der Waals surface area contributed by atoms with Crippen molar-refractivity contribution in [2.24, 2.45) is 11.7 Å². The summed E-state index contributed by atoms with van der Waals surface area (Å²) in [5, 5.41) is 18.3. The number of halogens is 1. The lowest BCUT2D eigenvalue weighted by Gasteiger charge is -2.30. The highest BCUT2D eigenvalue weighted by Gasteiger charge is 2.46. The fourth-order valence-corrected chi connectivity index (χ4v) is 3.92. The van der Waals surface area contributed by atoms with Crippen molar-refractivity contribution in [3.63, 3.8) is 0 Å². The fourth-order valence-electron chi connectivity index (χ4n) is 3.79. The first-order chi connectivity index (χ1) is 15.2. The highest BCUT2D eigenvalue weighted by molar-refractivity contribution is 6.30. The molecular weight excluding hydrogens is 430 g/mol. The molecule has 0 saturated carbocycles. The van der Waals surface area contributed by atoms with Gasteiger partial charge in [-0.1, -0.05) is 67.1 Å². The van der Waals surface area contributed by atoms with Crippen LogP contribution < -0.4 is 11.2 Å². The standard InChI is InChI=1S/C23H26ClN5O3/c1-15(2)12-23(21(25)30,22(31)27-32)18-7-3-17(4-8-18)13-29-14-20(26-28-29)11-16-5-9-19(24)10-6-16/h3-10,14-15,32H,11-13H2,1-2H3,(H2,25,30)(H,27,31). The van der Waals surface area contributed by atoms with Gasteiger partial charge in [0.15, 0.2) is 5.41 Å². The largest absolute Gasteiger partial charge is 0.368 e. The van der Waals surface area contributed by atoms with E-state index in [9.17, 15) is 14.8 Å². The normalized spacial score (nSPS) is 13.0. The van der Waals surface area contributed by atoms with Gasteiger partial charge in [0.05, 0.1) is 12.2 Å². The van der Waals surface area contributed by atoms with Crippen molar-refractivity contribution in [1.29, 1.82) is 0 Å². The molecule has 0 saturated heterocycles. The molecule has 0 fully saturated rings. The van der Waals surface area contributed by atoms with Gasteiger partial charge in [-0.2, -0.15) is 0 Å². The lowest BCUT2D eigenvalue weighted by molar-refractivity contribution is -0.142.